The number of benzene rings is 1. The van der Waals surface area contributed by atoms with Gasteiger partial charge < -0.3 is 5.32 Å². The predicted octanol–water partition coefficient (Wildman–Crippen LogP) is 2.13. The fourth-order valence-corrected chi connectivity index (χ4v) is 3.86. The molecular formula is C17H26N2O3S. The number of amides is 1. The Kier molecular flexibility index (Phi) is 5.81. The third-order valence-electron chi connectivity index (χ3n) is 4.43. The van der Waals surface area contributed by atoms with Crippen LogP contribution in [0.4, 0.5) is 0 Å². The number of hydrogen-bond acceptors (Lipinski definition) is 3. The second kappa shape index (κ2) is 7.45. The lowest BCUT2D eigenvalue weighted by molar-refractivity contribution is -0.126. The van der Waals surface area contributed by atoms with Crippen LogP contribution in [0.2, 0.25) is 0 Å². The molecule has 1 aliphatic carbocycles. The first-order valence-electron chi connectivity index (χ1n) is 8.30. The number of carbonyl (C=O) groups excluding carboxylic acids is 1. The third kappa shape index (κ3) is 4.54. The van der Waals surface area contributed by atoms with Gasteiger partial charge in [-0.1, -0.05) is 32.8 Å². The van der Waals surface area contributed by atoms with Crippen LogP contribution in [0.15, 0.2) is 23.1 Å². The molecule has 0 heterocycles. The summed E-state index contributed by atoms with van der Waals surface area (Å²) in [6.07, 6.45) is 5.23. The zero-order chi connectivity index (χ0) is 17.0. The molecule has 3 N–H and O–H groups in total. The molecule has 0 aromatic heterocycles. The summed E-state index contributed by atoms with van der Waals surface area (Å²) in [7, 11) is -3.68. The van der Waals surface area contributed by atoms with Crippen molar-refractivity contribution in [1.29, 1.82) is 0 Å². The van der Waals surface area contributed by atoms with Gasteiger partial charge in [0.05, 0.1) is 4.90 Å². The maximum Gasteiger partial charge on any atom is 0.238 e. The van der Waals surface area contributed by atoms with Crippen LogP contribution in [-0.4, -0.2) is 20.4 Å². The van der Waals surface area contributed by atoms with E-state index in [0.29, 0.717) is 6.42 Å². The first kappa shape index (κ1) is 17.9. The summed E-state index contributed by atoms with van der Waals surface area (Å²) in [6.45, 7) is 4.19. The molecule has 1 amide bonds. The average Bonchev–Trinajstić information content (AvgIpc) is 2.87. The zero-order valence-electron chi connectivity index (χ0n) is 13.8. The van der Waals surface area contributed by atoms with Crippen LogP contribution in [0, 0.1) is 5.92 Å². The van der Waals surface area contributed by atoms with Gasteiger partial charge in [0.2, 0.25) is 15.9 Å². The Bertz CT molecular complexity index is 664. The predicted molar refractivity (Wildman–Crippen MR) is 90.5 cm³/mol. The molecule has 0 aliphatic heterocycles. The lowest BCUT2D eigenvalue weighted by Crippen LogP contribution is -2.39. The summed E-state index contributed by atoms with van der Waals surface area (Å²) < 4.78 is 22.9. The van der Waals surface area contributed by atoms with Crippen molar-refractivity contribution in [2.24, 2.45) is 11.1 Å². The minimum Gasteiger partial charge on any atom is -0.352 e. The number of nitrogens with two attached hydrogens (primary N) is 1. The molecule has 23 heavy (non-hydrogen) atoms. The van der Waals surface area contributed by atoms with Crippen molar-refractivity contribution < 1.29 is 13.2 Å². The molecule has 0 saturated heterocycles. The number of hydrogen-bond donors (Lipinski definition) is 2. The lowest BCUT2D eigenvalue weighted by Gasteiger charge is -2.19. The molecule has 0 radical (unpaired) electrons. The highest BCUT2D eigenvalue weighted by atomic mass is 32.2. The fourth-order valence-electron chi connectivity index (χ4n) is 3.30. The first-order chi connectivity index (χ1) is 10.8. The molecule has 0 unspecified atom stereocenters. The van der Waals surface area contributed by atoms with Gasteiger partial charge in [0.25, 0.3) is 0 Å². The van der Waals surface area contributed by atoms with Crippen LogP contribution in [0.25, 0.3) is 0 Å². The minimum atomic E-state index is -3.68. The summed E-state index contributed by atoms with van der Waals surface area (Å²) in [4.78, 5) is 12.6. The summed E-state index contributed by atoms with van der Waals surface area (Å²) in [5.74, 6) is 0.201. The highest BCUT2D eigenvalue weighted by molar-refractivity contribution is 7.89. The molecule has 128 valence electrons. The Morgan fingerprint density at radius 2 is 1.83 bits per heavy atom. The van der Waals surface area contributed by atoms with Crippen molar-refractivity contribution in [3.05, 3.63) is 29.3 Å². The Morgan fingerprint density at radius 1 is 1.22 bits per heavy atom. The van der Waals surface area contributed by atoms with Gasteiger partial charge in [0, 0.05) is 12.0 Å². The number of nitrogens with one attached hydrogen (secondary N) is 1. The van der Waals surface area contributed by atoms with E-state index in [4.69, 9.17) is 5.14 Å². The third-order valence-corrected chi connectivity index (χ3v) is 5.34. The van der Waals surface area contributed by atoms with Crippen LogP contribution < -0.4 is 10.5 Å². The Hall–Kier alpha value is -1.40. The Morgan fingerprint density at radius 3 is 2.39 bits per heavy atom. The number of primary sulfonamides is 1. The molecule has 1 aromatic rings. The van der Waals surface area contributed by atoms with E-state index < -0.39 is 10.0 Å². The number of fused-ring (bicyclic) bond motifs is 1. The number of sulfonamides is 1. The van der Waals surface area contributed by atoms with E-state index in [2.05, 4.69) is 19.2 Å². The standard InChI is InChI=1S/C17H26N2O3S/c1-3-5-12(6-4-2)17(20)19-15-9-13-7-8-16(23(18,21)22)11-14(13)10-15/h7-8,11-12,15H,3-6,9-10H2,1-2H3,(H,19,20)(H2,18,21,22)/t15-/m1/s1. The zero-order valence-corrected chi connectivity index (χ0v) is 14.7. The van der Waals surface area contributed by atoms with Crippen LogP contribution in [0.1, 0.15) is 50.7 Å². The van der Waals surface area contributed by atoms with Gasteiger partial charge >= 0.3 is 0 Å². The Balaban J connectivity index is 2.03. The van der Waals surface area contributed by atoms with Gasteiger partial charge in [0.15, 0.2) is 0 Å². The summed E-state index contributed by atoms with van der Waals surface area (Å²) >= 11 is 0. The van der Waals surface area contributed by atoms with E-state index in [1.165, 1.54) is 6.07 Å². The van der Waals surface area contributed by atoms with E-state index in [-0.39, 0.29) is 22.8 Å². The average molecular weight is 338 g/mol. The van der Waals surface area contributed by atoms with Crippen LogP contribution >= 0.6 is 0 Å². The fraction of sp³-hybridized carbons (Fsp3) is 0.588. The van der Waals surface area contributed by atoms with Gasteiger partial charge in [-0.05, 0) is 48.9 Å². The number of carbonyl (C=O) groups is 1. The van der Waals surface area contributed by atoms with E-state index in [0.717, 1.165) is 43.2 Å². The molecule has 1 aliphatic rings. The molecular weight excluding hydrogens is 312 g/mol. The molecule has 0 saturated carbocycles. The van der Waals surface area contributed by atoms with Gasteiger partial charge in [-0.25, -0.2) is 13.6 Å². The molecule has 2 rings (SSSR count). The first-order valence-corrected chi connectivity index (χ1v) is 9.84. The van der Waals surface area contributed by atoms with Crippen molar-refractivity contribution in [2.75, 3.05) is 0 Å². The van der Waals surface area contributed by atoms with E-state index >= 15 is 0 Å². The van der Waals surface area contributed by atoms with Gasteiger partial charge in [-0.3, -0.25) is 4.79 Å². The molecule has 5 nitrogen and oxygen atoms in total. The van der Waals surface area contributed by atoms with Crippen LogP contribution in [0.5, 0.6) is 0 Å². The van der Waals surface area contributed by atoms with Crippen LogP contribution in [0.3, 0.4) is 0 Å². The molecule has 6 heteroatoms. The van der Waals surface area contributed by atoms with Crippen molar-refractivity contribution in [1.82, 2.24) is 5.32 Å². The second-order valence-electron chi connectivity index (χ2n) is 6.36. The van der Waals surface area contributed by atoms with Crippen LogP contribution in [-0.2, 0) is 27.7 Å². The minimum absolute atomic E-state index is 0.0458. The topological polar surface area (TPSA) is 89.3 Å². The quantitative estimate of drug-likeness (QED) is 0.798. The number of rotatable bonds is 7. The maximum absolute atomic E-state index is 12.4. The lowest BCUT2D eigenvalue weighted by atomic mass is 9.97. The highest BCUT2D eigenvalue weighted by Crippen LogP contribution is 2.25. The van der Waals surface area contributed by atoms with E-state index in [1.807, 2.05) is 0 Å². The largest absolute Gasteiger partial charge is 0.352 e. The summed E-state index contributed by atoms with van der Waals surface area (Å²) in [5, 5.41) is 8.31. The maximum atomic E-state index is 12.4. The summed E-state index contributed by atoms with van der Waals surface area (Å²) in [5.41, 5.74) is 2.05. The van der Waals surface area contributed by atoms with Gasteiger partial charge in [0.1, 0.15) is 0 Å². The van der Waals surface area contributed by atoms with Gasteiger partial charge in [-0.2, -0.15) is 0 Å². The summed E-state index contributed by atoms with van der Waals surface area (Å²) in [6, 6.07) is 5.02. The van der Waals surface area contributed by atoms with E-state index in [9.17, 15) is 13.2 Å². The molecule has 0 fully saturated rings. The van der Waals surface area contributed by atoms with Crippen molar-refractivity contribution in [3.63, 3.8) is 0 Å². The second-order valence-corrected chi connectivity index (χ2v) is 7.92. The SMILES string of the molecule is CCCC(CCC)C(=O)N[C@@H]1Cc2ccc(S(N)(=O)=O)cc2C1. The monoisotopic (exact) mass is 338 g/mol. The molecule has 0 bridgehead atoms. The Labute approximate surface area is 138 Å². The van der Waals surface area contributed by atoms with Crippen molar-refractivity contribution in [3.8, 4) is 0 Å². The van der Waals surface area contributed by atoms with Gasteiger partial charge in [-0.15, -0.1) is 0 Å². The highest BCUT2D eigenvalue weighted by Gasteiger charge is 2.26. The molecule has 1 aromatic carbocycles. The smallest absolute Gasteiger partial charge is 0.238 e. The van der Waals surface area contributed by atoms with Crippen molar-refractivity contribution >= 4 is 15.9 Å². The molecule has 0 spiro atoms. The van der Waals surface area contributed by atoms with E-state index in [1.54, 1.807) is 12.1 Å². The molecule has 1 atom stereocenters. The van der Waals surface area contributed by atoms with Crippen molar-refractivity contribution in [2.45, 2.75) is 63.3 Å². The normalized spacial score (nSPS) is 17.3.